The lowest BCUT2D eigenvalue weighted by atomic mass is 9.87. The number of nitrogens with two attached hydrogens (primary N) is 1. The third-order valence-electron chi connectivity index (χ3n) is 7.39. The quantitative estimate of drug-likeness (QED) is 0.367. The summed E-state index contributed by atoms with van der Waals surface area (Å²) in [6, 6.07) is 7.62. The number of aromatic nitrogens is 2. The SMILES string of the molecule is CCOC(=O)Nc1cc(C/C(=N/OC)C2CCN(C(=O)C3CCN(Cc4ccnc(N)c4)CC3)CC2)ccn1. The molecule has 0 spiro atoms. The van der Waals surface area contributed by atoms with Crippen LogP contribution in [0.25, 0.3) is 0 Å². The zero-order valence-electron chi connectivity index (χ0n) is 22.8. The monoisotopic (exact) mass is 537 g/mol. The molecule has 2 amide bonds. The van der Waals surface area contributed by atoms with E-state index in [2.05, 4.69) is 25.3 Å². The molecule has 2 fully saturated rings. The molecule has 2 saturated heterocycles. The minimum atomic E-state index is -0.533. The number of rotatable bonds is 9. The Bertz CT molecular complexity index is 1140. The first-order chi connectivity index (χ1) is 18.9. The van der Waals surface area contributed by atoms with E-state index in [9.17, 15) is 9.59 Å². The zero-order chi connectivity index (χ0) is 27.6. The summed E-state index contributed by atoms with van der Waals surface area (Å²) in [6.07, 6.45) is 6.87. The maximum absolute atomic E-state index is 13.3. The van der Waals surface area contributed by atoms with Gasteiger partial charge in [-0.25, -0.2) is 14.8 Å². The molecule has 2 aliphatic heterocycles. The molecule has 2 aromatic heterocycles. The summed E-state index contributed by atoms with van der Waals surface area (Å²) in [5.74, 6) is 1.54. The first-order valence-corrected chi connectivity index (χ1v) is 13.6. The fourth-order valence-electron chi connectivity index (χ4n) is 5.38. The molecule has 0 radical (unpaired) electrons. The van der Waals surface area contributed by atoms with Crippen molar-refractivity contribution >= 4 is 29.3 Å². The van der Waals surface area contributed by atoms with Gasteiger partial charge in [0.25, 0.3) is 0 Å². The third-order valence-corrected chi connectivity index (χ3v) is 7.39. The molecule has 4 heterocycles. The van der Waals surface area contributed by atoms with Crippen molar-refractivity contribution < 1.29 is 19.2 Å². The minimum Gasteiger partial charge on any atom is -0.450 e. The number of oxime groups is 1. The highest BCUT2D eigenvalue weighted by Gasteiger charge is 2.32. The normalized spacial score (nSPS) is 17.6. The van der Waals surface area contributed by atoms with E-state index < -0.39 is 6.09 Å². The van der Waals surface area contributed by atoms with Crippen molar-refractivity contribution in [3.05, 3.63) is 47.8 Å². The second-order valence-corrected chi connectivity index (χ2v) is 10.1. The van der Waals surface area contributed by atoms with Gasteiger partial charge in [0.1, 0.15) is 18.7 Å². The van der Waals surface area contributed by atoms with E-state index in [-0.39, 0.29) is 17.7 Å². The summed E-state index contributed by atoms with van der Waals surface area (Å²) in [5, 5.41) is 6.97. The van der Waals surface area contributed by atoms with Crippen LogP contribution in [0.3, 0.4) is 0 Å². The van der Waals surface area contributed by atoms with Gasteiger partial charge in [0.2, 0.25) is 5.91 Å². The van der Waals surface area contributed by atoms with Crippen molar-refractivity contribution in [3.8, 4) is 0 Å². The van der Waals surface area contributed by atoms with Crippen LogP contribution in [0, 0.1) is 11.8 Å². The predicted octanol–water partition coefficient (Wildman–Crippen LogP) is 3.32. The first-order valence-electron chi connectivity index (χ1n) is 13.6. The molecule has 210 valence electrons. The van der Waals surface area contributed by atoms with Crippen molar-refractivity contribution in [1.29, 1.82) is 0 Å². The number of amides is 2. The van der Waals surface area contributed by atoms with Crippen LogP contribution >= 0.6 is 0 Å². The molecule has 0 aliphatic carbocycles. The molecule has 3 N–H and O–H groups in total. The van der Waals surface area contributed by atoms with Crippen LogP contribution in [0.4, 0.5) is 16.4 Å². The second kappa shape index (κ2) is 13.9. The number of likely N-dealkylation sites (tertiary alicyclic amines) is 2. The van der Waals surface area contributed by atoms with Gasteiger partial charge in [-0.1, -0.05) is 5.16 Å². The topological polar surface area (TPSA) is 135 Å². The van der Waals surface area contributed by atoms with E-state index in [1.807, 2.05) is 29.2 Å². The number of hydrogen-bond donors (Lipinski definition) is 2. The number of hydrogen-bond acceptors (Lipinski definition) is 9. The number of nitrogen functional groups attached to an aromatic ring is 1. The molecular weight excluding hydrogens is 498 g/mol. The van der Waals surface area contributed by atoms with Gasteiger partial charge < -0.3 is 20.2 Å². The number of nitrogens with zero attached hydrogens (tertiary/aromatic N) is 5. The van der Waals surface area contributed by atoms with E-state index in [0.717, 1.165) is 75.2 Å². The minimum absolute atomic E-state index is 0.0783. The lowest BCUT2D eigenvalue weighted by Crippen LogP contribution is -2.46. The van der Waals surface area contributed by atoms with E-state index in [1.54, 1.807) is 26.4 Å². The number of carbonyl (C=O) groups excluding carboxylic acids is 2. The highest BCUT2D eigenvalue weighted by Crippen LogP contribution is 2.26. The Morgan fingerprint density at radius 3 is 2.41 bits per heavy atom. The standard InChI is InChI=1S/C28H39N7O4/c1-3-39-28(37)32-26-18-20(4-11-31-26)16-24(33-38-2)22-8-14-35(15-9-22)27(36)23-6-12-34(13-7-23)19-21-5-10-30-25(29)17-21/h4-5,10-11,17-18,22-23H,3,6-9,12-16,19H2,1-2H3,(H2,29,30)(H,31,32,37)/b33-24-. The van der Waals surface area contributed by atoms with Crippen LogP contribution in [0.1, 0.15) is 43.7 Å². The van der Waals surface area contributed by atoms with Gasteiger partial charge in [-0.05, 0) is 81.1 Å². The zero-order valence-corrected chi connectivity index (χ0v) is 22.8. The van der Waals surface area contributed by atoms with E-state index in [1.165, 1.54) is 0 Å². The summed E-state index contributed by atoms with van der Waals surface area (Å²) in [7, 11) is 1.55. The number of piperidine rings is 2. The third kappa shape index (κ3) is 8.13. The summed E-state index contributed by atoms with van der Waals surface area (Å²) in [4.78, 5) is 42.9. The fraction of sp³-hybridized carbons (Fsp3) is 0.536. The average molecular weight is 538 g/mol. The van der Waals surface area contributed by atoms with Crippen LogP contribution in [-0.2, 0) is 27.3 Å². The molecule has 11 nitrogen and oxygen atoms in total. The van der Waals surface area contributed by atoms with E-state index in [4.69, 9.17) is 15.3 Å². The van der Waals surface area contributed by atoms with Crippen LogP contribution < -0.4 is 11.1 Å². The Labute approximate surface area is 229 Å². The Hall–Kier alpha value is -3.73. The lowest BCUT2D eigenvalue weighted by Gasteiger charge is -2.37. The van der Waals surface area contributed by atoms with Gasteiger partial charge in [0.15, 0.2) is 0 Å². The summed E-state index contributed by atoms with van der Waals surface area (Å²) in [6.45, 7) is 6.11. The van der Waals surface area contributed by atoms with Gasteiger partial charge in [-0.3, -0.25) is 15.0 Å². The molecule has 39 heavy (non-hydrogen) atoms. The maximum Gasteiger partial charge on any atom is 0.412 e. The predicted molar refractivity (Wildman–Crippen MR) is 149 cm³/mol. The number of anilines is 2. The molecule has 0 aromatic carbocycles. The lowest BCUT2D eigenvalue weighted by molar-refractivity contribution is -0.138. The highest BCUT2D eigenvalue weighted by atomic mass is 16.6. The van der Waals surface area contributed by atoms with Crippen molar-refractivity contribution in [3.63, 3.8) is 0 Å². The van der Waals surface area contributed by atoms with Crippen LogP contribution in [0.15, 0.2) is 41.8 Å². The molecule has 0 atom stereocenters. The van der Waals surface area contributed by atoms with E-state index >= 15 is 0 Å². The van der Waals surface area contributed by atoms with Gasteiger partial charge >= 0.3 is 6.09 Å². The van der Waals surface area contributed by atoms with Crippen molar-refractivity contribution in [1.82, 2.24) is 19.8 Å². The Balaban J connectivity index is 1.26. The number of ether oxygens (including phenoxy) is 1. The summed E-state index contributed by atoms with van der Waals surface area (Å²) in [5.41, 5.74) is 8.86. The van der Waals surface area contributed by atoms with Crippen molar-refractivity contribution in [2.45, 2.75) is 45.6 Å². The molecule has 2 aliphatic rings. The number of pyridine rings is 2. The summed E-state index contributed by atoms with van der Waals surface area (Å²) < 4.78 is 4.93. The largest absolute Gasteiger partial charge is 0.450 e. The molecule has 2 aromatic rings. The fourth-order valence-corrected chi connectivity index (χ4v) is 5.38. The highest BCUT2D eigenvalue weighted by molar-refractivity contribution is 5.89. The Morgan fingerprint density at radius 2 is 1.72 bits per heavy atom. The smallest absolute Gasteiger partial charge is 0.412 e. The van der Waals surface area contributed by atoms with Crippen LogP contribution in [-0.4, -0.2) is 77.4 Å². The maximum atomic E-state index is 13.3. The van der Waals surface area contributed by atoms with Crippen LogP contribution in [0.2, 0.25) is 0 Å². The van der Waals surface area contributed by atoms with Gasteiger partial charge in [-0.15, -0.1) is 0 Å². The number of carbonyl (C=O) groups is 2. The second-order valence-electron chi connectivity index (χ2n) is 10.1. The first kappa shape index (κ1) is 28.3. The average Bonchev–Trinajstić information content (AvgIpc) is 2.93. The summed E-state index contributed by atoms with van der Waals surface area (Å²) >= 11 is 0. The molecule has 11 heteroatoms. The van der Waals surface area contributed by atoms with Crippen molar-refractivity contribution in [2.24, 2.45) is 17.0 Å². The van der Waals surface area contributed by atoms with E-state index in [0.29, 0.717) is 24.7 Å². The molecule has 4 rings (SSSR count). The van der Waals surface area contributed by atoms with Crippen LogP contribution in [0.5, 0.6) is 0 Å². The Kier molecular flexibility index (Phi) is 10.1. The molecular formula is C28H39N7O4. The van der Waals surface area contributed by atoms with Gasteiger partial charge in [-0.2, -0.15) is 0 Å². The van der Waals surface area contributed by atoms with Gasteiger partial charge in [0.05, 0.1) is 12.3 Å². The molecule has 0 unspecified atom stereocenters. The number of nitrogens with one attached hydrogen (secondary N) is 1. The van der Waals surface area contributed by atoms with Gasteiger partial charge in [0, 0.05) is 50.3 Å². The Morgan fingerprint density at radius 1 is 1.03 bits per heavy atom. The molecule has 0 saturated carbocycles. The molecule has 0 bridgehead atoms. The van der Waals surface area contributed by atoms with Crippen molar-refractivity contribution in [2.75, 3.05) is 50.9 Å².